The summed E-state index contributed by atoms with van der Waals surface area (Å²) in [6.45, 7) is 6.69. The molecule has 1 fully saturated rings. The zero-order valence-electron chi connectivity index (χ0n) is 11.1. The molecule has 1 aliphatic rings. The van der Waals surface area contributed by atoms with E-state index in [1.54, 1.807) is 11.8 Å². The first-order valence-corrected chi connectivity index (χ1v) is 6.75. The highest BCUT2D eigenvalue weighted by Gasteiger charge is 2.34. The predicted molar refractivity (Wildman–Crippen MR) is 69.5 cm³/mol. The molecule has 0 radical (unpaired) electrons. The van der Waals surface area contributed by atoms with Crippen molar-refractivity contribution in [3.05, 3.63) is 0 Å². The van der Waals surface area contributed by atoms with E-state index in [-0.39, 0.29) is 36.3 Å². The summed E-state index contributed by atoms with van der Waals surface area (Å²) in [6.07, 6.45) is 0. The van der Waals surface area contributed by atoms with Crippen LogP contribution >= 0.6 is 11.6 Å². The molecule has 2 unspecified atom stereocenters. The lowest BCUT2D eigenvalue weighted by atomic mass is 10.1. The quantitative estimate of drug-likeness (QED) is 0.766. The Labute approximate surface area is 113 Å². The second-order valence-corrected chi connectivity index (χ2v) is 5.15. The van der Waals surface area contributed by atoms with Gasteiger partial charge in [-0.25, -0.2) is 0 Å². The third-order valence-corrected chi connectivity index (χ3v) is 3.26. The summed E-state index contributed by atoms with van der Waals surface area (Å²) in [5.74, 6) is -0.273. The van der Waals surface area contributed by atoms with Crippen LogP contribution in [0.15, 0.2) is 0 Å². The number of carbonyl (C=O) groups is 2. The van der Waals surface area contributed by atoms with Crippen molar-refractivity contribution in [3.8, 4) is 0 Å². The Morgan fingerprint density at radius 3 is 2.67 bits per heavy atom. The van der Waals surface area contributed by atoms with E-state index in [4.69, 9.17) is 16.3 Å². The van der Waals surface area contributed by atoms with Crippen LogP contribution in [-0.4, -0.2) is 54.4 Å². The fourth-order valence-electron chi connectivity index (χ4n) is 1.81. The molecule has 0 saturated carbocycles. The van der Waals surface area contributed by atoms with E-state index in [1.807, 2.05) is 13.8 Å². The lowest BCUT2D eigenvalue weighted by Gasteiger charge is -2.36. The Morgan fingerprint density at radius 1 is 1.44 bits per heavy atom. The van der Waals surface area contributed by atoms with Crippen LogP contribution < -0.4 is 5.32 Å². The van der Waals surface area contributed by atoms with Crippen LogP contribution in [0, 0.1) is 5.92 Å². The summed E-state index contributed by atoms with van der Waals surface area (Å²) in [5, 5.41) is 2.81. The van der Waals surface area contributed by atoms with Crippen molar-refractivity contribution >= 4 is 23.4 Å². The molecule has 2 atom stereocenters. The zero-order valence-corrected chi connectivity index (χ0v) is 11.9. The van der Waals surface area contributed by atoms with Crippen molar-refractivity contribution in [1.29, 1.82) is 0 Å². The molecule has 1 N–H and O–H groups in total. The second-order valence-electron chi connectivity index (χ2n) is 4.84. The fourth-order valence-corrected chi connectivity index (χ4v) is 1.95. The molecule has 1 rings (SSSR count). The van der Waals surface area contributed by atoms with E-state index in [0.717, 1.165) is 0 Å². The van der Waals surface area contributed by atoms with Gasteiger partial charge in [-0.3, -0.25) is 9.59 Å². The second kappa shape index (κ2) is 6.95. The fraction of sp³-hybridized carbons (Fsp3) is 0.833. The molecular weight excluding hydrogens is 256 g/mol. The molecule has 0 bridgehead atoms. The monoisotopic (exact) mass is 276 g/mol. The molecule has 6 heteroatoms. The van der Waals surface area contributed by atoms with Gasteiger partial charge in [0.15, 0.2) is 0 Å². The third-order valence-electron chi connectivity index (χ3n) is 2.80. The molecule has 1 saturated heterocycles. The number of amides is 2. The lowest BCUT2D eigenvalue weighted by molar-refractivity contribution is -0.150. The average molecular weight is 277 g/mol. The topological polar surface area (TPSA) is 58.6 Å². The molecule has 0 aliphatic carbocycles. The number of nitrogens with zero attached hydrogens (tertiary/aromatic N) is 1. The summed E-state index contributed by atoms with van der Waals surface area (Å²) >= 11 is 5.70. The molecule has 2 amide bonds. The minimum absolute atomic E-state index is 0.0434. The molecule has 0 aromatic heterocycles. The Hall–Kier alpha value is -0.810. The third kappa shape index (κ3) is 3.85. The predicted octanol–water partition coefficient (Wildman–Crippen LogP) is 0.613. The van der Waals surface area contributed by atoms with E-state index >= 15 is 0 Å². The highest BCUT2D eigenvalue weighted by Crippen LogP contribution is 2.13. The number of hydrogen-bond donors (Lipinski definition) is 1. The van der Waals surface area contributed by atoms with Gasteiger partial charge in [-0.15, -0.1) is 11.6 Å². The standard InChI is InChI=1S/C12H21ClN2O3/c1-8(2)14-11(16)10-7-18-5-4-15(10)12(17)9(3)6-13/h8-10H,4-7H2,1-3H3,(H,14,16). The first kappa shape index (κ1) is 15.2. The highest BCUT2D eigenvalue weighted by molar-refractivity contribution is 6.19. The minimum Gasteiger partial charge on any atom is -0.377 e. The largest absolute Gasteiger partial charge is 0.377 e. The van der Waals surface area contributed by atoms with Gasteiger partial charge in [0.2, 0.25) is 11.8 Å². The Balaban J connectivity index is 2.73. The number of hydrogen-bond acceptors (Lipinski definition) is 3. The molecule has 18 heavy (non-hydrogen) atoms. The van der Waals surface area contributed by atoms with Crippen molar-refractivity contribution < 1.29 is 14.3 Å². The van der Waals surface area contributed by atoms with Crippen molar-refractivity contribution in [3.63, 3.8) is 0 Å². The summed E-state index contributed by atoms with van der Waals surface area (Å²) < 4.78 is 5.29. The molecule has 0 spiro atoms. The van der Waals surface area contributed by atoms with Gasteiger partial charge in [0.25, 0.3) is 0 Å². The van der Waals surface area contributed by atoms with Gasteiger partial charge in [-0.2, -0.15) is 0 Å². The molecule has 1 aliphatic heterocycles. The van der Waals surface area contributed by atoms with Gasteiger partial charge >= 0.3 is 0 Å². The summed E-state index contributed by atoms with van der Waals surface area (Å²) in [5.41, 5.74) is 0. The van der Waals surface area contributed by atoms with E-state index in [1.165, 1.54) is 0 Å². The average Bonchev–Trinajstić information content (AvgIpc) is 2.36. The summed E-state index contributed by atoms with van der Waals surface area (Å²) in [4.78, 5) is 25.7. The minimum atomic E-state index is -0.542. The molecule has 1 heterocycles. The van der Waals surface area contributed by atoms with Crippen LogP contribution in [0.3, 0.4) is 0 Å². The number of rotatable bonds is 4. The van der Waals surface area contributed by atoms with E-state index in [2.05, 4.69) is 5.32 Å². The highest BCUT2D eigenvalue weighted by atomic mass is 35.5. The summed E-state index contributed by atoms with van der Waals surface area (Å²) in [7, 11) is 0. The molecule has 5 nitrogen and oxygen atoms in total. The maximum absolute atomic E-state index is 12.1. The smallest absolute Gasteiger partial charge is 0.245 e. The number of halogens is 1. The zero-order chi connectivity index (χ0) is 13.7. The lowest BCUT2D eigenvalue weighted by Crippen LogP contribution is -2.57. The maximum Gasteiger partial charge on any atom is 0.245 e. The van der Waals surface area contributed by atoms with E-state index in [0.29, 0.717) is 13.2 Å². The molecule has 0 aromatic rings. The van der Waals surface area contributed by atoms with Gasteiger partial charge in [-0.05, 0) is 13.8 Å². The van der Waals surface area contributed by atoms with Gasteiger partial charge in [0.05, 0.1) is 13.2 Å². The van der Waals surface area contributed by atoms with Crippen LogP contribution in [0.25, 0.3) is 0 Å². The van der Waals surface area contributed by atoms with Crippen molar-refractivity contribution in [2.75, 3.05) is 25.6 Å². The molecular formula is C12H21ClN2O3. The molecule has 0 aromatic carbocycles. The first-order valence-electron chi connectivity index (χ1n) is 6.22. The van der Waals surface area contributed by atoms with Crippen LogP contribution in [0.4, 0.5) is 0 Å². The van der Waals surface area contributed by atoms with Gasteiger partial charge in [0.1, 0.15) is 6.04 Å². The summed E-state index contributed by atoms with van der Waals surface area (Å²) in [6, 6.07) is -0.499. The first-order chi connectivity index (χ1) is 8.47. The van der Waals surface area contributed by atoms with Gasteiger partial charge in [-0.1, -0.05) is 6.92 Å². The van der Waals surface area contributed by atoms with Crippen LogP contribution in [0.2, 0.25) is 0 Å². The van der Waals surface area contributed by atoms with Crippen molar-refractivity contribution in [2.24, 2.45) is 5.92 Å². The van der Waals surface area contributed by atoms with E-state index in [9.17, 15) is 9.59 Å². The SMILES string of the molecule is CC(C)NC(=O)C1COCCN1C(=O)C(C)CCl. The molecule has 104 valence electrons. The van der Waals surface area contributed by atoms with Crippen LogP contribution in [0.1, 0.15) is 20.8 Å². The van der Waals surface area contributed by atoms with Crippen LogP contribution in [-0.2, 0) is 14.3 Å². The Bertz CT molecular complexity index is 310. The number of carbonyl (C=O) groups excluding carboxylic acids is 2. The Kier molecular flexibility index (Phi) is 5.88. The number of nitrogens with one attached hydrogen (secondary N) is 1. The Morgan fingerprint density at radius 2 is 2.11 bits per heavy atom. The number of morpholine rings is 1. The van der Waals surface area contributed by atoms with Gasteiger partial charge < -0.3 is 15.0 Å². The van der Waals surface area contributed by atoms with Gasteiger partial charge in [0, 0.05) is 24.4 Å². The normalized spacial score (nSPS) is 21.8. The number of ether oxygens (including phenoxy) is 1. The number of alkyl halides is 1. The maximum atomic E-state index is 12.1. The van der Waals surface area contributed by atoms with Crippen LogP contribution in [0.5, 0.6) is 0 Å². The van der Waals surface area contributed by atoms with E-state index < -0.39 is 6.04 Å². The van der Waals surface area contributed by atoms with Crippen molar-refractivity contribution in [2.45, 2.75) is 32.9 Å². The van der Waals surface area contributed by atoms with Crippen molar-refractivity contribution in [1.82, 2.24) is 10.2 Å².